The topological polar surface area (TPSA) is 307 Å². The Hall–Kier alpha value is -1.99. The molecular formula is C56H101NO18. The third-order valence-electron chi connectivity index (χ3n) is 14.4. The van der Waals surface area contributed by atoms with Gasteiger partial charge in [0.2, 0.25) is 5.91 Å². The molecule has 3 fully saturated rings. The first-order valence-corrected chi connectivity index (χ1v) is 28.7. The molecule has 0 saturated carbocycles. The number of nitrogens with one attached hydrogen (secondary N) is 1. The minimum atomic E-state index is -1.98. The molecule has 3 aliphatic heterocycles. The molecule has 438 valence electrons. The van der Waals surface area contributed by atoms with Crippen molar-refractivity contribution in [3.63, 3.8) is 0 Å². The summed E-state index contributed by atoms with van der Waals surface area (Å²) in [6, 6.07) is -0.991. The molecule has 17 atom stereocenters. The van der Waals surface area contributed by atoms with Crippen LogP contribution in [0.25, 0.3) is 0 Å². The van der Waals surface area contributed by atoms with Crippen molar-refractivity contribution in [1.29, 1.82) is 0 Å². The number of carbonyl (C=O) groups excluding carboxylic acids is 1. The molecule has 12 N–H and O–H groups in total. The molecule has 0 aromatic heterocycles. The molecule has 0 aromatic rings. The normalized spacial score (nSPS) is 31.5. The maximum Gasteiger partial charge on any atom is 0.220 e. The van der Waals surface area contributed by atoms with Gasteiger partial charge < -0.3 is 89.9 Å². The number of ether oxygens (including phenoxy) is 6. The zero-order valence-corrected chi connectivity index (χ0v) is 45.3. The van der Waals surface area contributed by atoms with Crippen LogP contribution >= 0.6 is 0 Å². The molecule has 1 amide bonds. The number of hydrogen-bond donors (Lipinski definition) is 12. The van der Waals surface area contributed by atoms with Gasteiger partial charge in [-0.3, -0.25) is 4.79 Å². The maximum absolute atomic E-state index is 13.2. The highest BCUT2D eigenvalue weighted by Crippen LogP contribution is 2.33. The fourth-order valence-corrected chi connectivity index (χ4v) is 9.61. The van der Waals surface area contributed by atoms with Gasteiger partial charge in [-0.15, -0.1) is 0 Å². The Kier molecular flexibility index (Phi) is 36.1. The van der Waals surface area contributed by atoms with E-state index in [4.69, 9.17) is 28.4 Å². The molecule has 3 aliphatic rings. The standard InChI is InChI=1S/C56H101NO18/c1-3-5-7-9-11-13-15-17-18-19-20-21-22-23-25-27-29-31-33-40(61)39(57-44(62)34-32-30-28-26-24-16-14-12-10-8-6-4-2)38-70-54-50(68)47(65)52(42(36-59)72-54)75-56-51(69)48(66)53(43(37-60)73-56)74-55-49(67)46(64)45(63)41(35-58)71-55/h12,14,23,25,31,33,39-43,45-56,58-61,63-69H,3-11,13,15-22,24,26-30,32,34-38H2,1-2H3,(H,57,62)/b14-12-,25-23+,33-31+. The molecule has 3 rings (SSSR count). The summed E-state index contributed by atoms with van der Waals surface area (Å²) >= 11 is 0. The van der Waals surface area contributed by atoms with E-state index in [1.165, 1.54) is 89.9 Å². The van der Waals surface area contributed by atoms with Gasteiger partial charge >= 0.3 is 0 Å². The largest absolute Gasteiger partial charge is 0.394 e. The van der Waals surface area contributed by atoms with Crippen molar-refractivity contribution in [2.24, 2.45) is 0 Å². The molecule has 3 heterocycles. The summed E-state index contributed by atoms with van der Waals surface area (Å²) in [4.78, 5) is 13.2. The Morgan fingerprint density at radius 1 is 0.467 bits per heavy atom. The lowest BCUT2D eigenvalue weighted by molar-refractivity contribution is -0.379. The lowest BCUT2D eigenvalue weighted by Crippen LogP contribution is -2.66. The molecule has 0 spiro atoms. The summed E-state index contributed by atoms with van der Waals surface area (Å²) in [5, 5.41) is 120. The summed E-state index contributed by atoms with van der Waals surface area (Å²) in [6.45, 7) is 1.65. The SMILES string of the molecule is CCCCC/C=C\CCCCCCCC(=O)NC(COC1OC(CO)C(OC2OC(CO)C(OC3OC(CO)C(O)C(O)C3O)C(O)C2O)C(O)C1O)C(O)/C=C/CC/C=C/CCCCCCCCCCCCCC. The lowest BCUT2D eigenvalue weighted by Gasteiger charge is -2.48. The van der Waals surface area contributed by atoms with E-state index in [2.05, 4.69) is 43.5 Å². The van der Waals surface area contributed by atoms with E-state index in [1.807, 2.05) is 6.08 Å². The van der Waals surface area contributed by atoms with E-state index >= 15 is 0 Å². The van der Waals surface area contributed by atoms with Crippen LogP contribution in [0, 0.1) is 0 Å². The second-order valence-corrected chi connectivity index (χ2v) is 20.7. The Bertz CT molecular complexity index is 1520. The van der Waals surface area contributed by atoms with E-state index in [-0.39, 0.29) is 18.9 Å². The second-order valence-electron chi connectivity index (χ2n) is 20.7. The van der Waals surface area contributed by atoms with Crippen molar-refractivity contribution in [1.82, 2.24) is 5.32 Å². The number of aliphatic hydroxyl groups is 11. The van der Waals surface area contributed by atoms with Crippen molar-refractivity contribution in [3.8, 4) is 0 Å². The molecular weight excluding hydrogens is 975 g/mol. The summed E-state index contributed by atoms with van der Waals surface area (Å²) < 4.78 is 34.2. The van der Waals surface area contributed by atoms with Crippen LogP contribution in [-0.2, 0) is 33.2 Å². The van der Waals surface area contributed by atoms with Crippen LogP contribution in [0.4, 0.5) is 0 Å². The number of amides is 1. The highest BCUT2D eigenvalue weighted by Gasteiger charge is 2.53. The molecule has 17 unspecified atom stereocenters. The van der Waals surface area contributed by atoms with E-state index in [0.717, 1.165) is 57.8 Å². The monoisotopic (exact) mass is 1080 g/mol. The minimum Gasteiger partial charge on any atom is -0.394 e. The molecule has 0 aliphatic carbocycles. The number of aliphatic hydroxyl groups excluding tert-OH is 11. The van der Waals surface area contributed by atoms with Gasteiger partial charge in [-0.2, -0.15) is 0 Å². The average Bonchev–Trinajstić information content (AvgIpc) is 3.41. The van der Waals surface area contributed by atoms with Crippen LogP contribution in [0.2, 0.25) is 0 Å². The minimum absolute atomic E-state index is 0.225. The predicted octanol–water partition coefficient (Wildman–Crippen LogP) is 4.15. The number of hydrogen-bond acceptors (Lipinski definition) is 18. The molecule has 19 nitrogen and oxygen atoms in total. The van der Waals surface area contributed by atoms with E-state index in [9.17, 15) is 61.0 Å². The van der Waals surface area contributed by atoms with Crippen LogP contribution in [0.3, 0.4) is 0 Å². The van der Waals surface area contributed by atoms with Gasteiger partial charge in [0.1, 0.15) is 73.2 Å². The van der Waals surface area contributed by atoms with Gasteiger partial charge in [0.15, 0.2) is 18.9 Å². The first-order chi connectivity index (χ1) is 36.3. The number of allylic oxidation sites excluding steroid dienone is 5. The van der Waals surface area contributed by atoms with Crippen molar-refractivity contribution >= 4 is 5.91 Å². The molecule has 75 heavy (non-hydrogen) atoms. The fourth-order valence-electron chi connectivity index (χ4n) is 9.61. The van der Waals surface area contributed by atoms with Crippen molar-refractivity contribution in [2.45, 2.75) is 285 Å². The van der Waals surface area contributed by atoms with E-state index < -0.39 is 124 Å². The van der Waals surface area contributed by atoms with Gasteiger partial charge in [-0.25, -0.2) is 0 Å². The quantitative estimate of drug-likeness (QED) is 0.0302. The number of carbonyl (C=O) groups is 1. The van der Waals surface area contributed by atoms with Crippen molar-refractivity contribution in [3.05, 3.63) is 36.5 Å². The summed E-state index contributed by atoms with van der Waals surface area (Å²) in [5.74, 6) is -0.297. The van der Waals surface area contributed by atoms with Gasteiger partial charge in [-0.1, -0.05) is 153 Å². The van der Waals surface area contributed by atoms with Crippen LogP contribution in [0.5, 0.6) is 0 Å². The summed E-state index contributed by atoms with van der Waals surface area (Å²) in [6.07, 6.45) is 14.2. The Balaban J connectivity index is 1.54. The van der Waals surface area contributed by atoms with Crippen LogP contribution in [0.15, 0.2) is 36.5 Å². The van der Waals surface area contributed by atoms with Crippen molar-refractivity contribution < 1.29 is 89.4 Å². The lowest BCUT2D eigenvalue weighted by atomic mass is 9.96. The molecule has 0 bridgehead atoms. The Morgan fingerprint density at radius 3 is 1.36 bits per heavy atom. The van der Waals surface area contributed by atoms with E-state index in [1.54, 1.807) is 6.08 Å². The van der Waals surface area contributed by atoms with Gasteiger partial charge in [0, 0.05) is 6.42 Å². The first-order valence-electron chi connectivity index (χ1n) is 28.7. The Morgan fingerprint density at radius 2 is 0.853 bits per heavy atom. The Labute approximate surface area is 447 Å². The van der Waals surface area contributed by atoms with E-state index in [0.29, 0.717) is 12.8 Å². The third kappa shape index (κ3) is 24.9. The highest BCUT2D eigenvalue weighted by atomic mass is 16.8. The van der Waals surface area contributed by atoms with Crippen LogP contribution in [-0.4, -0.2) is 193 Å². The van der Waals surface area contributed by atoms with Gasteiger partial charge in [-0.05, 0) is 57.8 Å². The number of rotatable bonds is 41. The molecule has 19 heteroatoms. The smallest absolute Gasteiger partial charge is 0.220 e. The molecule has 0 radical (unpaired) electrons. The van der Waals surface area contributed by atoms with Gasteiger partial charge in [0.25, 0.3) is 0 Å². The second kappa shape index (κ2) is 40.2. The maximum atomic E-state index is 13.2. The zero-order valence-electron chi connectivity index (χ0n) is 45.3. The van der Waals surface area contributed by atoms with Crippen molar-refractivity contribution in [2.75, 3.05) is 26.4 Å². The zero-order chi connectivity index (χ0) is 54.8. The van der Waals surface area contributed by atoms with Crippen LogP contribution in [0.1, 0.15) is 181 Å². The summed E-state index contributed by atoms with van der Waals surface area (Å²) in [7, 11) is 0. The molecule has 3 saturated heterocycles. The van der Waals surface area contributed by atoms with Gasteiger partial charge in [0.05, 0.1) is 38.6 Å². The summed E-state index contributed by atoms with van der Waals surface area (Å²) in [5.41, 5.74) is 0. The highest BCUT2D eigenvalue weighted by molar-refractivity contribution is 5.76. The predicted molar refractivity (Wildman–Crippen MR) is 282 cm³/mol. The number of unbranched alkanes of at least 4 members (excludes halogenated alkanes) is 21. The average molecular weight is 1080 g/mol. The first kappa shape index (κ1) is 67.3. The third-order valence-corrected chi connectivity index (χ3v) is 14.4. The van der Waals surface area contributed by atoms with Crippen LogP contribution < -0.4 is 5.32 Å². The molecule has 0 aromatic carbocycles. The fraction of sp³-hybridized carbons (Fsp3) is 0.875.